The smallest absolute Gasteiger partial charge is 0.166 e. The number of phenolic OH excluding ortho intramolecular Hbond substituents is 1. The van der Waals surface area contributed by atoms with Gasteiger partial charge in [0.2, 0.25) is 0 Å². The van der Waals surface area contributed by atoms with Crippen LogP contribution in [-0.2, 0) is 16.6 Å². The first kappa shape index (κ1) is 14.5. The van der Waals surface area contributed by atoms with E-state index in [-0.39, 0.29) is 22.7 Å². The Morgan fingerprint density at radius 3 is 2.92 bits per heavy atom. The van der Waals surface area contributed by atoms with Crippen LogP contribution in [0.1, 0.15) is 43.7 Å². The lowest BCUT2D eigenvalue weighted by atomic mass is 9.45. The molecule has 1 aromatic carbocycles. The predicted octanol–water partition coefficient (Wildman–Crippen LogP) is 3.12. The first-order valence-corrected chi connectivity index (χ1v) is 9.62. The highest BCUT2D eigenvalue weighted by atomic mass is 16.5. The van der Waals surface area contributed by atoms with Crippen molar-refractivity contribution in [3.05, 3.63) is 35.1 Å². The van der Waals surface area contributed by atoms with Crippen molar-refractivity contribution in [3.8, 4) is 11.5 Å². The van der Waals surface area contributed by atoms with Gasteiger partial charge in [-0.3, -0.25) is 4.90 Å². The molecule has 3 aliphatic carbocycles. The number of rotatable bonds is 2. The minimum absolute atomic E-state index is 0.0647. The van der Waals surface area contributed by atoms with Crippen LogP contribution in [-0.4, -0.2) is 41.8 Å². The Hall–Kier alpha value is -1.68. The molecule has 6 rings (SSSR count). The molecule has 2 heterocycles. The molecule has 5 aliphatic rings. The fraction of sp³-hybridized carbons (Fsp3) is 0.619. The summed E-state index contributed by atoms with van der Waals surface area (Å²) < 4.78 is 12.2. The van der Waals surface area contributed by atoms with Crippen LogP contribution in [0.25, 0.3) is 0 Å². The van der Waals surface area contributed by atoms with Gasteiger partial charge in [0.15, 0.2) is 17.6 Å². The van der Waals surface area contributed by atoms with Crippen LogP contribution < -0.4 is 4.74 Å². The highest BCUT2D eigenvalue weighted by molar-refractivity contribution is 5.63. The lowest BCUT2D eigenvalue weighted by Crippen LogP contribution is -2.70. The average Bonchev–Trinajstić information content (AvgIpc) is 3.36. The Bertz CT molecular complexity index is 814. The van der Waals surface area contributed by atoms with Gasteiger partial charge in [-0.2, -0.15) is 0 Å². The summed E-state index contributed by atoms with van der Waals surface area (Å²) in [6, 6.07) is 5.29. The lowest BCUT2D eigenvalue weighted by molar-refractivity contribution is -0.0990. The highest BCUT2D eigenvalue weighted by Crippen LogP contribution is 2.69. The summed E-state index contributed by atoms with van der Waals surface area (Å²) in [6.45, 7) is 3.60. The second kappa shape index (κ2) is 4.35. The van der Waals surface area contributed by atoms with E-state index < -0.39 is 0 Å². The zero-order valence-corrected chi connectivity index (χ0v) is 14.9. The summed E-state index contributed by atoms with van der Waals surface area (Å²) >= 11 is 0. The molecule has 1 aromatic rings. The highest BCUT2D eigenvalue weighted by Gasteiger charge is 2.71. The Labute approximate surface area is 148 Å². The van der Waals surface area contributed by atoms with Crippen LogP contribution in [0.15, 0.2) is 24.0 Å². The Kier molecular flexibility index (Phi) is 2.52. The van der Waals surface area contributed by atoms with Crippen molar-refractivity contribution in [2.75, 3.05) is 13.7 Å². The third kappa shape index (κ3) is 1.46. The molecular weight excluding hydrogens is 314 g/mol. The van der Waals surface area contributed by atoms with Gasteiger partial charge in [-0.25, -0.2) is 0 Å². The molecular formula is C21H25NO3. The molecule has 132 valence electrons. The molecule has 4 atom stereocenters. The van der Waals surface area contributed by atoms with Crippen molar-refractivity contribution in [1.29, 1.82) is 0 Å². The maximum absolute atomic E-state index is 10.5. The van der Waals surface area contributed by atoms with Crippen LogP contribution in [0.4, 0.5) is 0 Å². The van der Waals surface area contributed by atoms with Gasteiger partial charge in [0, 0.05) is 23.1 Å². The van der Waals surface area contributed by atoms with E-state index in [2.05, 4.69) is 24.0 Å². The monoisotopic (exact) mass is 339 g/mol. The van der Waals surface area contributed by atoms with E-state index in [0.29, 0.717) is 6.04 Å². The van der Waals surface area contributed by atoms with Crippen molar-refractivity contribution in [3.63, 3.8) is 0 Å². The fourth-order valence-electron chi connectivity index (χ4n) is 6.61. The van der Waals surface area contributed by atoms with Crippen molar-refractivity contribution in [2.24, 2.45) is 5.41 Å². The maximum atomic E-state index is 10.5. The van der Waals surface area contributed by atoms with Gasteiger partial charge in [0.25, 0.3) is 0 Å². The predicted molar refractivity (Wildman–Crippen MR) is 93.9 cm³/mol. The molecule has 2 fully saturated rings. The van der Waals surface area contributed by atoms with E-state index in [1.54, 1.807) is 7.11 Å². The molecule has 25 heavy (non-hydrogen) atoms. The number of hydrogen-bond acceptors (Lipinski definition) is 4. The number of hydrogen-bond donors (Lipinski definition) is 1. The summed E-state index contributed by atoms with van der Waals surface area (Å²) in [5, 5.41) is 10.5. The van der Waals surface area contributed by atoms with E-state index in [1.165, 1.54) is 24.0 Å². The summed E-state index contributed by atoms with van der Waals surface area (Å²) in [6.07, 6.45) is 8.05. The zero-order valence-electron chi connectivity index (χ0n) is 14.9. The van der Waals surface area contributed by atoms with E-state index in [9.17, 15) is 5.11 Å². The standard InChI is InChI=1S/C21H25NO3/c1-20-8-7-15(24-2)19-21(20)9-10-22(13-4-5-13)16(20)11-12-3-6-14(23)18(25-19)17(12)21/h3,6-7,13,16,19,23H,4-5,8-11H2,1-2H3. The van der Waals surface area contributed by atoms with Crippen LogP contribution in [0.3, 0.4) is 0 Å². The lowest BCUT2D eigenvalue weighted by Gasteiger charge is -2.64. The Morgan fingerprint density at radius 1 is 1.32 bits per heavy atom. The first-order valence-electron chi connectivity index (χ1n) is 9.62. The number of nitrogens with zero attached hydrogens (tertiary/aromatic N) is 1. The SMILES string of the molecule is COC1=CCC2(C)C3Cc4ccc(O)c5c4C2(CCN3C2CC2)C1O5. The number of phenols is 1. The number of ether oxygens (including phenoxy) is 2. The number of likely N-dealkylation sites (tertiary alicyclic amines) is 1. The zero-order chi connectivity index (χ0) is 17.0. The molecule has 1 saturated heterocycles. The van der Waals surface area contributed by atoms with Gasteiger partial charge >= 0.3 is 0 Å². The minimum atomic E-state index is -0.0950. The number of allylic oxidation sites excluding steroid dienone is 1. The van der Waals surface area contributed by atoms with E-state index in [4.69, 9.17) is 9.47 Å². The summed E-state index contributed by atoms with van der Waals surface area (Å²) in [4.78, 5) is 2.79. The maximum Gasteiger partial charge on any atom is 0.166 e. The van der Waals surface area contributed by atoms with Crippen LogP contribution in [0.5, 0.6) is 11.5 Å². The molecule has 0 aromatic heterocycles. The van der Waals surface area contributed by atoms with Gasteiger partial charge in [0.05, 0.1) is 12.5 Å². The molecule has 0 radical (unpaired) electrons. The Morgan fingerprint density at radius 2 is 2.16 bits per heavy atom. The number of aromatic hydroxyl groups is 1. The number of benzene rings is 1. The number of piperidine rings is 1. The van der Waals surface area contributed by atoms with Crippen molar-refractivity contribution < 1.29 is 14.6 Å². The van der Waals surface area contributed by atoms with Crippen LogP contribution in [0.2, 0.25) is 0 Å². The Balaban J connectivity index is 1.64. The molecule has 4 heteroatoms. The minimum Gasteiger partial charge on any atom is -0.504 e. The average molecular weight is 339 g/mol. The van der Waals surface area contributed by atoms with Gasteiger partial charge < -0.3 is 14.6 Å². The van der Waals surface area contributed by atoms with E-state index in [0.717, 1.165) is 43.4 Å². The van der Waals surface area contributed by atoms with Crippen LogP contribution in [0, 0.1) is 5.41 Å². The van der Waals surface area contributed by atoms with E-state index in [1.807, 2.05) is 6.07 Å². The number of methoxy groups -OCH3 is 1. The van der Waals surface area contributed by atoms with Gasteiger partial charge in [-0.15, -0.1) is 0 Å². The molecule has 2 aliphatic heterocycles. The molecule has 0 amide bonds. The third-order valence-corrected chi connectivity index (χ3v) is 7.92. The second-order valence-corrected chi connectivity index (χ2v) is 8.79. The first-order chi connectivity index (χ1) is 12.1. The quantitative estimate of drug-likeness (QED) is 0.899. The van der Waals surface area contributed by atoms with Crippen molar-refractivity contribution >= 4 is 0 Å². The third-order valence-electron chi connectivity index (χ3n) is 7.92. The van der Waals surface area contributed by atoms with E-state index >= 15 is 0 Å². The molecule has 1 spiro atoms. The van der Waals surface area contributed by atoms with Crippen LogP contribution >= 0.6 is 0 Å². The topological polar surface area (TPSA) is 41.9 Å². The largest absolute Gasteiger partial charge is 0.504 e. The normalized spacial score (nSPS) is 41.0. The summed E-state index contributed by atoms with van der Waals surface area (Å²) in [7, 11) is 1.75. The molecule has 1 saturated carbocycles. The van der Waals surface area contributed by atoms with Gasteiger partial charge in [-0.05, 0) is 56.4 Å². The van der Waals surface area contributed by atoms with Crippen molar-refractivity contribution in [2.45, 2.75) is 62.6 Å². The molecule has 1 N–H and O–H groups in total. The summed E-state index contributed by atoms with van der Waals surface area (Å²) in [5.41, 5.74) is 2.73. The molecule has 4 nitrogen and oxygen atoms in total. The fourth-order valence-corrected chi connectivity index (χ4v) is 6.61. The van der Waals surface area contributed by atoms with Gasteiger partial charge in [0.1, 0.15) is 5.76 Å². The summed E-state index contributed by atoms with van der Waals surface area (Å²) in [5.74, 6) is 1.94. The second-order valence-electron chi connectivity index (χ2n) is 8.79. The molecule has 2 bridgehead atoms. The molecule has 4 unspecified atom stereocenters. The van der Waals surface area contributed by atoms with Gasteiger partial charge in [-0.1, -0.05) is 13.0 Å². The van der Waals surface area contributed by atoms with Crippen molar-refractivity contribution in [1.82, 2.24) is 4.90 Å².